The molecule has 1 fully saturated rings. The summed E-state index contributed by atoms with van der Waals surface area (Å²) in [5.41, 5.74) is 8.89. The number of carbonyl (C=O) groups is 1. The van der Waals surface area contributed by atoms with Crippen LogP contribution < -0.4 is 11.1 Å². The third kappa shape index (κ3) is 2.24. The number of hydrogen-bond acceptors (Lipinski definition) is 4. The molecule has 3 N–H and O–H groups in total. The van der Waals surface area contributed by atoms with E-state index in [1.807, 2.05) is 13.1 Å². The van der Waals surface area contributed by atoms with Crippen LogP contribution in [0.25, 0.3) is 0 Å². The van der Waals surface area contributed by atoms with Crippen molar-refractivity contribution < 1.29 is 4.79 Å². The van der Waals surface area contributed by atoms with Crippen LogP contribution in [0.2, 0.25) is 0 Å². The van der Waals surface area contributed by atoms with Gasteiger partial charge in [-0.15, -0.1) is 0 Å². The number of nitrogens with two attached hydrogens (primary N) is 1. The van der Waals surface area contributed by atoms with Gasteiger partial charge in [0.05, 0.1) is 5.56 Å². The summed E-state index contributed by atoms with van der Waals surface area (Å²) in [6.07, 6.45) is 3.92. The van der Waals surface area contributed by atoms with E-state index >= 15 is 0 Å². The minimum Gasteiger partial charge on any atom is -0.389 e. The van der Waals surface area contributed by atoms with Gasteiger partial charge in [-0.3, -0.25) is 4.79 Å². The zero-order valence-corrected chi connectivity index (χ0v) is 12.3. The molecule has 1 amide bonds. The summed E-state index contributed by atoms with van der Waals surface area (Å²) in [5, 5.41) is 3.23. The Balaban J connectivity index is 1.92. The maximum Gasteiger partial charge on any atom is 0.244 e. The van der Waals surface area contributed by atoms with E-state index in [4.69, 9.17) is 18.0 Å². The number of nitrogens with one attached hydrogen (secondary N) is 1. The number of hydrogen-bond donors (Lipinski definition) is 2. The van der Waals surface area contributed by atoms with E-state index in [2.05, 4.69) is 10.3 Å². The van der Waals surface area contributed by atoms with Crippen molar-refractivity contribution in [2.24, 2.45) is 5.73 Å². The van der Waals surface area contributed by atoms with Crippen LogP contribution in [0.5, 0.6) is 0 Å². The predicted molar refractivity (Wildman–Crippen MR) is 81.8 cm³/mol. The molecule has 0 radical (unpaired) electrons. The first-order valence-electron chi connectivity index (χ1n) is 6.90. The number of fused-ring (bicyclic) bond motifs is 1. The second kappa shape index (κ2) is 5.01. The van der Waals surface area contributed by atoms with Gasteiger partial charge < -0.3 is 16.0 Å². The van der Waals surface area contributed by atoms with Crippen LogP contribution in [0.3, 0.4) is 0 Å². The monoisotopic (exact) mass is 290 g/mol. The summed E-state index contributed by atoms with van der Waals surface area (Å²) in [6, 6.07) is 1.81. The van der Waals surface area contributed by atoms with Gasteiger partial charge in [0.25, 0.3) is 0 Å². The zero-order chi connectivity index (χ0) is 14.3. The van der Waals surface area contributed by atoms with Gasteiger partial charge in [-0.1, -0.05) is 12.2 Å². The van der Waals surface area contributed by atoms with Crippen molar-refractivity contribution in [3.8, 4) is 0 Å². The summed E-state index contributed by atoms with van der Waals surface area (Å²) >= 11 is 5.12. The smallest absolute Gasteiger partial charge is 0.244 e. The van der Waals surface area contributed by atoms with E-state index in [0.29, 0.717) is 10.8 Å². The van der Waals surface area contributed by atoms with Gasteiger partial charge in [-0.05, 0) is 37.3 Å². The third-order valence-corrected chi connectivity index (χ3v) is 4.27. The Hall–Kier alpha value is -1.69. The van der Waals surface area contributed by atoms with Crippen LogP contribution in [0.4, 0.5) is 5.82 Å². The SMILES string of the molecule is CN1CCC(Nc2nc3c(cc2C(N)=S)CCC3)C1=O. The van der Waals surface area contributed by atoms with E-state index < -0.39 is 0 Å². The number of thiocarbonyl (C=S) groups is 1. The first-order valence-corrected chi connectivity index (χ1v) is 7.31. The van der Waals surface area contributed by atoms with Crippen LogP contribution >= 0.6 is 12.2 Å². The second-order valence-corrected chi connectivity index (χ2v) is 5.89. The molecule has 0 spiro atoms. The first kappa shape index (κ1) is 13.3. The molecule has 106 valence electrons. The molecule has 6 heteroatoms. The Bertz CT molecular complexity index is 587. The van der Waals surface area contributed by atoms with Crippen molar-refractivity contribution >= 4 is 28.9 Å². The second-order valence-electron chi connectivity index (χ2n) is 5.45. The Morgan fingerprint density at radius 1 is 1.55 bits per heavy atom. The summed E-state index contributed by atoms with van der Waals surface area (Å²) < 4.78 is 0. The average Bonchev–Trinajstić information content (AvgIpc) is 2.99. The van der Waals surface area contributed by atoms with Crippen LogP contribution in [0.1, 0.15) is 29.7 Å². The van der Waals surface area contributed by atoms with E-state index in [1.54, 1.807) is 4.90 Å². The maximum atomic E-state index is 12.0. The third-order valence-electron chi connectivity index (χ3n) is 4.05. The molecule has 1 saturated heterocycles. The van der Waals surface area contributed by atoms with E-state index in [9.17, 15) is 4.79 Å². The number of likely N-dealkylation sites (N-methyl/N-ethyl adjacent to an activating group) is 1. The van der Waals surface area contributed by atoms with Crippen molar-refractivity contribution in [3.63, 3.8) is 0 Å². The molecular weight excluding hydrogens is 272 g/mol. The van der Waals surface area contributed by atoms with Crippen LogP contribution in [-0.4, -0.2) is 40.4 Å². The molecule has 0 saturated carbocycles. The van der Waals surface area contributed by atoms with Crippen LogP contribution in [-0.2, 0) is 17.6 Å². The molecular formula is C14H18N4OS. The number of aryl methyl sites for hydroxylation is 2. The van der Waals surface area contributed by atoms with E-state index in [0.717, 1.165) is 43.5 Å². The lowest BCUT2D eigenvalue weighted by molar-refractivity contribution is -0.127. The van der Waals surface area contributed by atoms with Crippen LogP contribution in [0, 0.1) is 0 Å². The highest BCUT2D eigenvalue weighted by Gasteiger charge is 2.30. The molecule has 1 unspecified atom stereocenters. The maximum absolute atomic E-state index is 12.0. The summed E-state index contributed by atoms with van der Waals surface area (Å²) in [7, 11) is 1.81. The zero-order valence-electron chi connectivity index (χ0n) is 11.5. The number of anilines is 1. The van der Waals surface area contributed by atoms with Gasteiger partial charge in [0.2, 0.25) is 5.91 Å². The molecule has 1 aromatic heterocycles. The molecule has 20 heavy (non-hydrogen) atoms. The van der Waals surface area contributed by atoms with Gasteiger partial charge in [-0.25, -0.2) is 4.98 Å². The Labute approximate surface area is 123 Å². The molecule has 1 aromatic rings. The molecule has 3 rings (SSSR count). The number of pyridine rings is 1. The van der Waals surface area contributed by atoms with Gasteiger partial charge in [0.15, 0.2) is 0 Å². The lowest BCUT2D eigenvalue weighted by Gasteiger charge is -2.16. The number of likely N-dealkylation sites (tertiary alicyclic amines) is 1. The summed E-state index contributed by atoms with van der Waals surface area (Å²) in [5.74, 6) is 0.757. The van der Waals surface area contributed by atoms with Gasteiger partial charge in [-0.2, -0.15) is 0 Å². The number of carbonyl (C=O) groups excluding carboxylic acids is 1. The normalized spacial score (nSPS) is 21.1. The van der Waals surface area contributed by atoms with Crippen LogP contribution in [0.15, 0.2) is 6.07 Å². The average molecular weight is 290 g/mol. The Kier molecular flexibility index (Phi) is 3.33. The molecule has 0 aromatic carbocycles. The molecule has 2 heterocycles. The van der Waals surface area contributed by atoms with Crippen molar-refractivity contribution in [1.29, 1.82) is 0 Å². The van der Waals surface area contributed by atoms with E-state index in [1.165, 1.54) is 5.56 Å². The van der Waals surface area contributed by atoms with Crippen molar-refractivity contribution in [2.75, 3.05) is 18.9 Å². The number of amides is 1. The predicted octanol–water partition coefficient (Wildman–Crippen LogP) is 0.847. The fourth-order valence-electron chi connectivity index (χ4n) is 2.89. The van der Waals surface area contributed by atoms with Crippen molar-refractivity contribution in [2.45, 2.75) is 31.7 Å². The van der Waals surface area contributed by atoms with Crippen molar-refractivity contribution in [1.82, 2.24) is 9.88 Å². The fraction of sp³-hybridized carbons (Fsp3) is 0.500. The highest BCUT2D eigenvalue weighted by molar-refractivity contribution is 7.80. The minimum absolute atomic E-state index is 0.0983. The topological polar surface area (TPSA) is 71.2 Å². The molecule has 1 aliphatic carbocycles. The molecule has 0 bridgehead atoms. The van der Waals surface area contributed by atoms with E-state index in [-0.39, 0.29) is 11.9 Å². The Morgan fingerprint density at radius 3 is 3.00 bits per heavy atom. The molecule has 5 nitrogen and oxygen atoms in total. The highest BCUT2D eigenvalue weighted by Crippen LogP contribution is 2.26. The largest absolute Gasteiger partial charge is 0.389 e. The number of nitrogens with zero attached hydrogens (tertiary/aromatic N) is 2. The standard InChI is InChI=1S/C14H18N4OS/c1-18-6-5-11(14(18)19)17-13-9(12(15)20)7-8-3-2-4-10(8)16-13/h7,11H,2-6H2,1H3,(H2,15,20)(H,16,17). The molecule has 1 atom stereocenters. The molecule has 2 aliphatic rings. The highest BCUT2D eigenvalue weighted by atomic mass is 32.1. The lowest BCUT2D eigenvalue weighted by Crippen LogP contribution is -2.32. The van der Waals surface area contributed by atoms with Gasteiger partial charge in [0, 0.05) is 19.3 Å². The van der Waals surface area contributed by atoms with Gasteiger partial charge >= 0.3 is 0 Å². The van der Waals surface area contributed by atoms with Crippen molar-refractivity contribution in [3.05, 3.63) is 22.9 Å². The Morgan fingerprint density at radius 2 is 2.35 bits per heavy atom. The minimum atomic E-state index is -0.222. The fourth-order valence-corrected chi connectivity index (χ4v) is 3.05. The summed E-state index contributed by atoms with van der Waals surface area (Å²) in [4.78, 5) is 18.7. The molecule has 1 aliphatic heterocycles. The van der Waals surface area contributed by atoms with Gasteiger partial charge in [0.1, 0.15) is 16.8 Å². The summed E-state index contributed by atoms with van der Waals surface area (Å²) in [6.45, 7) is 0.768. The number of aromatic nitrogens is 1. The lowest BCUT2D eigenvalue weighted by atomic mass is 10.1. The number of rotatable bonds is 3. The first-order chi connectivity index (χ1) is 9.56. The quantitative estimate of drug-likeness (QED) is 0.808.